The third kappa shape index (κ3) is 4.89. The number of carbonyl (C=O) groups excluding carboxylic acids is 1. The molecule has 1 aliphatic rings. The predicted octanol–water partition coefficient (Wildman–Crippen LogP) is 2.60. The lowest BCUT2D eigenvalue weighted by atomic mass is 10.1. The molecule has 2 aromatic rings. The SMILES string of the molecule is CCCn1cnnc1CNC(=O)c1ccc(CN2CCCCC2)cc1. The number of benzene rings is 1. The van der Waals surface area contributed by atoms with Gasteiger partial charge in [0.15, 0.2) is 5.82 Å². The molecule has 0 bridgehead atoms. The van der Waals surface area contributed by atoms with Gasteiger partial charge in [0, 0.05) is 18.7 Å². The standard InChI is InChI=1S/C19H27N5O/c1-2-10-24-15-21-22-18(24)13-20-19(25)17-8-6-16(7-9-17)14-23-11-4-3-5-12-23/h6-9,15H,2-5,10-14H2,1H3,(H,20,25). The van der Waals surface area contributed by atoms with Crippen molar-refractivity contribution in [3.8, 4) is 0 Å². The molecule has 0 saturated carbocycles. The van der Waals surface area contributed by atoms with Crippen LogP contribution in [0.15, 0.2) is 30.6 Å². The fourth-order valence-corrected chi connectivity index (χ4v) is 3.24. The van der Waals surface area contributed by atoms with Crippen molar-refractivity contribution in [1.29, 1.82) is 0 Å². The van der Waals surface area contributed by atoms with Crippen molar-refractivity contribution in [2.24, 2.45) is 0 Å². The molecule has 0 unspecified atom stereocenters. The Kier molecular flexibility index (Phi) is 6.17. The molecule has 1 aromatic carbocycles. The van der Waals surface area contributed by atoms with E-state index in [1.807, 2.05) is 16.7 Å². The van der Waals surface area contributed by atoms with E-state index in [1.165, 1.54) is 37.9 Å². The Hall–Kier alpha value is -2.21. The molecular formula is C19H27N5O. The smallest absolute Gasteiger partial charge is 0.251 e. The second-order valence-electron chi connectivity index (χ2n) is 6.66. The number of amides is 1. The summed E-state index contributed by atoms with van der Waals surface area (Å²) in [6.45, 7) is 6.70. The average molecular weight is 341 g/mol. The summed E-state index contributed by atoms with van der Waals surface area (Å²) >= 11 is 0. The zero-order chi connectivity index (χ0) is 17.5. The molecule has 3 rings (SSSR count). The van der Waals surface area contributed by atoms with Crippen molar-refractivity contribution < 1.29 is 4.79 Å². The van der Waals surface area contributed by atoms with Crippen molar-refractivity contribution >= 4 is 5.91 Å². The topological polar surface area (TPSA) is 63.1 Å². The fourth-order valence-electron chi connectivity index (χ4n) is 3.24. The molecular weight excluding hydrogens is 314 g/mol. The molecule has 1 aromatic heterocycles. The lowest BCUT2D eigenvalue weighted by molar-refractivity contribution is 0.0949. The van der Waals surface area contributed by atoms with Crippen LogP contribution in [0.1, 0.15) is 54.4 Å². The van der Waals surface area contributed by atoms with Crippen molar-refractivity contribution in [3.63, 3.8) is 0 Å². The van der Waals surface area contributed by atoms with Gasteiger partial charge in [-0.25, -0.2) is 0 Å². The first-order valence-corrected chi connectivity index (χ1v) is 9.22. The molecule has 1 saturated heterocycles. The lowest BCUT2D eigenvalue weighted by Gasteiger charge is -2.26. The molecule has 1 N–H and O–H groups in total. The van der Waals surface area contributed by atoms with Gasteiger partial charge in [0.05, 0.1) is 6.54 Å². The summed E-state index contributed by atoms with van der Waals surface area (Å²) in [5.41, 5.74) is 1.95. The zero-order valence-electron chi connectivity index (χ0n) is 14.9. The van der Waals surface area contributed by atoms with Gasteiger partial charge in [-0.15, -0.1) is 10.2 Å². The lowest BCUT2D eigenvalue weighted by Crippen LogP contribution is -2.29. The number of carbonyl (C=O) groups is 1. The number of hydrogen-bond acceptors (Lipinski definition) is 4. The van der Waals surface area contributed by atoms with E-state index in [0.717, 1.165) is 25.3 Å². The fraction of sp³-hybridized carbons (Fsp3) is 0.526. The number of nitrogens with one attached hydrogen (secondary N) is 1. The van der Waals surface area contributed by atoms with E-state index in [0.29, 0.717) is 12.1 Å². The second-order valence-corrected chi connectivity index (χ2v) is 6.66. The summed E-state index contributed by atoms with van der Waals surface area (Å²) < 4.78 is 1.97. The van der Waals surface area contributed by atoms with E-state index in [2.05, 4.69) is 39.5 Å². The van der Waals surface area contributed by atoms with Crippen LogP contribution in [0.2, 0.25) is 0 Å². The molecule has 134 valence electrons. The maximum Gasteiger partial charge on any atom is 0.251 e. The van der Waals surface area contributed by atoms with E-state index in [1.54, 1.807) is 6.33 Å². The summed E-state index contributed by atoms with van der Waals surface area (Å²) in [4.78, 5) is 14.8. The number of nitrogens with zero attached hydrogens (tertiary/aromatic N) is 4. The van der Waals surface area contributed by atoms with Crippen LogP contribution in [0, 0.1) is 0 Å². The predicted molar refractivity (Wildman–Crippen MR) is 97.1 cm³/mol. The number of hydrogen-bond donors (Lipinski definition) is 1. The molecule has 6 nitrogen and oxygen atoms in total. The number of aryl methyl sites for hydroxylation is 1. The van der Waals surface area contributed by atoms with Gasteiger partial charge < -0.3 is 9.88 Å². The number of likely N-dealkylation sites (tertiary alicyclic amines) is 1. The van der Waals surface area contributed by atoms with E-state index in [-0.39, 0.29) is 5.91 Å². The van der Waals surface area contributed by atoms with Crippen LogP contribution in [-0.4, -0.2) is 38.7 Å². The first kappa shape index (κ1) is 17.6. The van der Waals surface area contributed by atoms with E-state index in [4.69, 9.17) is 0 Å². The van der Waals surface area contributed by atoms with Gasteiger partial charge in [-0.1, -0.05) is 25.5 Å². The van der Waals surface area contributed by atoms with Gasteiger partial charge in [0.2, 0.25) is 0 Å². The third-order valence-electron chi connectivity index (χ3n) is 4.64. The monoisotopic (exact) mass is 341 g/mol. The van der Waals surface area contributed by atoms with Gasteiger partial charge in [0.25, 0.3) is 5.91 Å². The molecule has 1 fully saturated rings. The van der Waals surface area contributed by atoms with Crippen LogP contribution in [-0.2, 0) is 19.6 Å². The van der Waals surface area contributed by atoms with E-state index >= 15 is 0 Å². The van der Waals surface area contributed by atoms with Crippen molar-refractivity contribution in [2.45, 2.75) is 52.2 Å². The molecule has 2 heterocycles. The molecule has 0 radical (unpaired) electrons. The van der Waals surface area contributed by atoms with Gasteiger partial charge in [-0.3, -0.25) is 9.69 Å². The summed E-state index contributed by atoms with van der Waals surface area (Å²) in [6, 6.07) is 7.93. The largest absolute Gasteiger partial charge is 0.345 e. The van der Waals surface area contributed by atoms with Gasteiger partial charge in [-0.05, 0) is 50.0 Å². The van der Waals surface area contributed by atoms with Gasteiger partial charge >= 0.3 is 0 Å². The Morgan fingerprint density at radius 2 is 1.92 bits per heavy atom. The molecule has 1 amide bonds. The number of aromatic nitrogens is 3. The van der Waals surface area contributed by atoms with Crippen molar-refractivity contribution in [3.05, 3.63) is 47.5 Å². The summed E-state index contributed by atoms with van der Waals surface area (Å²) in [6.07, 6.45) is 6.66. The van der Waals surface area contributed by atoms with Crippen LogP contribution in [0.25, 0.3) is 0 Å². The van der Waals surface area contributed by atoms with Crippen LogP contribution in [0.4, 0.5) is 0 Å². The summed E-state index contributed by atoms with van der Waals surface area (Å²) in [5.74, 6) is 0.715. The quantitative estimate of drug-likeness (QED) is 0.841. The Morgan fingerprint density at radius 1 is 1.16 bits per heavy atom. The van der Waals surface area contributed by atoms with E-state index < -0.39 is 0 Å². The molecule has 0 aliphatic carbocycles. The highest BCUT2D eigenvalue weighted by Gasteiger charge is 2.12. The minimum absolute atomic E-state index is 0.0735. The maximum atomic E-state index is 12.3. The molecule has 6 heteroatoms. The van der Waals surface area contributed by atoms with Crippen LogP contribution < -0.4 is 5.32 Å². The highest BCUT2D eigenvalue weighted by atomic mass is 16.1. The molecule has 25 heavy (non-hydrogen) atoms. The molecule has 0 spiro atoms. The van der Waals surface area contributed by atoms with E-state index in [9.17, 15) is 4.79 Å². The first-order chi connectivity index (χ1) is 12.3. The van der Waals surface area contributed by atoms with Crippen molar-refractivity contribution in [1.82, 2.24) is 25.0 Å². The number of rotatable bonds is 7. The molecule has 1 aliphatic heterocycles. The summed E-state index contributed by atoms with van der Waals surface area (Å²) in [5, 5.41) is 10.9. The Labute approximate surface area is 149 Å². The highest BCUT2D eigenvalue weighted by molar-refractivity contribution is 5.94. The Morgan fingerprint density at radius 3 is 2.64 bits per heavy atom. The Balaban J connectivity index is 1.52. The molecule has 0 atom stereocenters. The highest BCUT2D eigenvalue weighted by Crippen LogP contribution is 2.13. The minimum atomic E-state index is -0.0735. The van der Waals surface area contributed by atoms with Crippen LogP contribution >= 0.6 is 0 Å². The van der Waals surface area contributed by atoms with Crippen LogP contribution in [0.5, 0.6) is 0 Å². The van der Waals surface area contributed by atoms with Gasteiger partial charge in [0.1, 0.15) is 6.33 Å². The second kappa shape index (κ2) is 8.76. The van der Waals surface area contributed by atoms with Crippen molar-refractivity contribution in [2.75, 3.05) is 13.1 Å². The zero-order valence-corrected chi connectivity index (χ0v) is 14.9. The normalized spacial score (nSPS) is 15.2. The number of piperidine rings is 1. The Bertz CT molecular complexity index is 673. The van der Waals surface area contributed by atoms with Gasteiger partial charge in [-0.2, -0.15) is 0 Å². The average Bonchev–Trinajstić information content (AvgIpc) is 3.09. The van der Waals surface area contributed by atoms with Crippen LogP contribution in [0.3, 0.4) is 0 Å². The minimum Gasteiger partial charge on any atom is -0.345 e. The summed E-state index contributed by atoms with van der Waals surface area (Å²) in [7, 11) is 0. The maximum absolute atomic E-state index is 12.3. The third-order valence-corrected chi connectivity index (χ3v) is 4.64. The first-order valence-electron chi connectivity index (χ1n) is 9.22.